The molecule has 0 saturated heterocycles. The van der Waals surface area contributed by atoms with Crippen LogP contribution in [-0.4, -0.2) is 50.4 Å². The van der Waals surface area contributed by atoms with E-state index in [2.05, 4.69) is 15.6 Å². The number of nitrogens with one attached hydrogen (secondary N) is 2. The van der Waals surface area contributed by atoms with E-state index in [0.29, 0.717) is 37.9 Å². The lowest BCUT2D eigenvalue weighted by atomic mass is 10.4. The van der Waals surface area contributed by atoms with Crippen LogP contribution in [0.4, 0.5) is 0 Å². The summed E-state index contributed by atoms with van der Waals surface area (Å²) in [5, 5.41) is 5.98. The Labute approximate surface area is 131 Å². The normalized spacial score (nSPS) is 10.8. The zero-order chi connectivity index (χ0) is 16.0. The third kappa shape index (κ3) is 8.11. The number of aromatic nitrogens is 1. The lowest BCUT2D eigenvalue weighted by Gasteiger charge is -2.03. The van der Waals surface area contributed by atoms with Crippen molar-refractivity contribution in [3.8, 4) is 0 Å². The maximum Gasteiger partial charge on any atom is 0.273 e. The lowest BCUT2D eigenvalue weighted by molar-refractivity contribution is 0.0939. The van der Waals surface area contributed by atoms with Gasteiger partial charge in [0.05, 0.1) is 6.54 Å². The fourth-order valence-electron chi connectivity index (χ4n) is 1.75. The Morgan fingerprint density at radius 2 is 1.86 bits per heavy atom. The molecule has 1 amide bonds. The molecule has 0 aromatic carbocycles. The molecule has 0 fully saturated rings. The summed E-state index contributed by atoms with van der Waals surface area (Å²) in [6.07, 6.45) is 3.10. The molecule has 126 valence electrons. The van der Waals surface area contributed by atoms with Crippen molar-refractivity contribution in [1.29, 1.82) is 0 Å². The minimum absolute atomic E-state index is 0.220. The van der Waals surface area contributed by atoms with Gasteiger partial charge >= 0.3 is 0 Å². The van der Waals surface area contributed by atoms with Gasteiger partial charge < -0.3 is 24.5 Å². The van der Waals surface area contributed by atoms with Gasteiger partial charge in [-0.1, -0.05) is 0 Å². The second kappa shape index (κ2) is 12.1. The van der Waals surface area contributed by atoms with Crippen LogP contribution < -0.4 is 10.6 Å². The number of oxazole rings is 1. The molecule has 0 aliphatic heterocycles. The van der Waals surface area contributed by atoms with E-state index < -0.39 is 0 Å². The summed E-state index contributed by atoms with van der Waals surface area (Å²) < 4.78 is 15.7. The molecule has 0 spiro atoms. The van der Waals surface area contributed by atoms with Crippen molar-refractivity contribution in [3.63, 3.8) is 0 Å². The largest absolute Gasteiger partial charge is 0.447 e. The van der Waals surface area contributed by atoms with Gasteiger partial charge in [-0.2, -0.15) is 0 Å². The molecule has 1 heterocycles. The van der Waals surface area contributed by atoms with Gasteiger partial charge in [0.25, 0.3) is 5.91 Å². The zero-order valence-electron chi connectivity index (χ0n) is 13.5. The molecule has 0 bridgehead atoms. The van der Waals surface area contributed by atoms with Crippen LogP contribution in [0.1, 0.15) is 43.1 Å². The Bertz CT molecular complexity index is 409. The van der Waals surface area contributed by atoms with E-state index in [0.717, 1.165) is 32.6 Å². The summed E-state index contributed by atoms with van der Waals surface area (Å²) in [6, 6.07) is 0. The van der Waals surface area contributed by atoms with Crippen molar-refractivity contribution in [2.45, 2.75) is 33.2 Å². The van der Waals surface area contributed by atoms with Gasteiger partial charge in [0.2, 0.25) is 5.89 Å². The topological polar surface area (TPSA) is 85.6 Å². The number of carbonyl (C=O) groups excluding carboxylic acids is 1. The van der Waals surface area contributed by atoms with Crippen LogP contribution in [0.15, 0.2) is 10.7 Å². The number of amides is 1. The highest BCUT2D eigenvalue weighted by Crippen LogP contribution is 2.01. The molecule has 0 unspecified atom stereocenters. The first-order valence-electron chi connectivity index (χ1n) is 7.86. The zero-order valence-corrected chi connectivity index (χ0v) is 13.5. The Hall–Kier alpha value is -1.44. The predicted octanol–water partition coefficient (Wildman–Crippen LogP) is 1.35. The minimum Gasteiger partial charge on any atom is -0.447 e. The maximum atomic E-state index is 11.8. The van der Waals surface area contributed by atoms with Gasteiger partial charge in [-0.3, -0.25) is 4.79 Å². The van der Waals surface area contributed by atoms with E-state index >= 15 is 0 Å². The van der Waals surface area contributed by atoms with E-state index in [1.807, 2.05) is 13.8 Å². The standard InChI is InChI=1S/C15H27N3O4/c1-3-20-9-5-7-16-11-14-18-13(12-22-14)15(19)17-8-6-10-21-4-2/h12,16H,3-11H2,1-2H3,(H,17,19). The smallest absolute Gasteiger partial charge is 0.273 e. The molecule has 22 heavy (non-hydrogen) atoms. The minimum atomic E-state index is -0.220. The average Bonchev–Trinajstić information content (AvgIpc) is 2.99. The van der Waals surface area contributed by atoms with Crippen molar-refractivity contribution < 1.29 is 18.7 Å². The van der Waals surface area contributed by atoms with E-state index in [1.165, 1.54) is 6.26 Å². The first-order valence-corrected chi connectivity index (χ1v) is 7.86. The average molecular weight is 313 g/mol. The highest BCUT2D eigenvalue weighted by atomic mass is 16.5. The van der Waals surface area contributed by atoms with Crippen LogP contribution in [0.25, 0.3) is 0 Å². The summed E-state index contributed by atoms with van der Waals surface area (Å²) in [6.45, 7) is 8.63. The van der Waals surface area contributed by atoms with Gasteiger partial charge in [-0.05, 0) is 33.2 Å². The SMILES string of the molecule is CCOCCCNCc1nc(C(=O)NCCCOCC)co1. The molecule has 1 aromatic heterocycles. The summed E-state index contributed by atoms with van der Waals surface area (Å²) in [4.78, 5) is 16.0. The second-order valence-corrected chi connectivity index (χ2v) is 4.66. The Balaban J connectivity index is 2.15. The van der Waals surface area contributed by atoms with Crippen molar-refractivity contribution >= 4 is 5.91 Å². The van der Waals surface area contributed by atoms with Crippen LogP contribution in [0.3, 0.4) is 0 Å². The molecule has 7 nitrogen and oxygen atoms in total. The first kappa shape index (κ1) is 18.6. The fourth-order valence-corrected chi connectivity index (χ4v) is 1.75. The Kier molecular flexibility index (Phi) is 10.3. The van der Waals surface area contributed by atoms with Crippen molar-refractivity contribution in [3.05, 3.63) is 17.8 Å². The molecule has 0 radical (unpaired) electrons. The third-order valence-corrected chi connectivity index (χ3v) is 2.86. The van der Waals surface area contributed by atoms with Crippen molar-refractivity contribution in [2.75, 3.05) is 39.5 Å². The summed E-state index contributed by atoms with van der Waals surface area (Å²) in [5.74, 6) is 0.290. The van der Waals surface area contributed by atoms with E-state index in [-0.39, 0.29) is 5.91 Å². The van der Waals surface area contributed by atoms with Crippen LogP contribution in [0.2, 0.25) is 0 Å². The molecule has 2 N–H and O–H groups in total. The number of ether oxygens (including phenoxy) is 2. The summed E-state index contributed by atoms with van der Waals surface area (Å²) >= 11 is 0. The van der Waals surface area contributed by atoms with Crippen LogP contribution in [-0.2, 0) is 16.0 Å². The van der Waals surface area contributed by atoms with Gasteiger partial charge in [0, 0.05) is 33.0 Å². The highest BCUT2D eigenvalue weighted by molar-refractivity contribution is 5.91. The van der Waals surface area contributed by atoms with Crippen LogP contribution in [0.5, 0.6) is 0 Å². The Morgan fingerprint density at radius 3 is 2.55 bits per heavy atom. The molecule has 1 rings (SSSR count). The fraction of sp³-hybridized carbons (Fsp3) is 0.733. The molecular weight excluding hydrogens is 286 g/mol. The molecule has 0 atom stereocenters. The maximum absolute atomic E-state index is 11.8. The van der Waals surface area contributed by atoms with Gasteiger partial charge in [0.15, 0.2) is 5.69 Å². The van der Waals surface area contributed by atoms with Gasteiger partial charge in [-0.25, -0.2) is 4.98 Å². The van der Waals surface area contributed by atoms with E-state index in [9.17, 15) is 4.79 Å². The molecule has 7 heteroatoms. The Morgan fingerprint density at radius 1 is 1.18 bits per heavy atom. The molecule has 1 aromatic rings. The number of hydrogen-bond acceptors (Lipinski definition) is 6. The highest BCUT2D eigenvalue weighted by Gasteiger charge is 2.11. The molecule has 0 aliphatic carbocycles. The quantitative estimate of drug-likeness (QED) is 0.535. The molecule has 0 saturated carbocycles. The van der Waals surface area contributed by atoms with Crippen LogP contribution in [0, 0.1) is 0 Å². The number of nitrogens with zero attached hydrogens (tertiary/aromatic N) is 1. The van der Waals surface area contributed by atoms with Crippen LogP contribution >= 0.6 is 0 Å². The van der Waals surface area contributed by atoms with Crippen molar-refractivity contribution in [2.24, 2.45) is 0 Å². The first-order chi connectivity index (χ1) is 10.8. The summed E-state index contributed by atoms with van der Waals surface area (Å²) in [5.41, 5.74) is 0.308. The lowest BCUT2D eigenvalue weighted by Crippen LogP contribution is -2.25. The third-order valence-electron chi connectivity index (χ3n) is 2.86. The van der Waals surface area contributed by atoms with Gasteiger partial charge in [-0.15, -0.1) is 0 Å². The monoisotopic (exact) mass is 313 g/mol. The van der Waals surface area contributed by atoms with Crippen molar-refractivity contribution in [1.82, 2.24) is 15.6 Å². The molecular formula is C15H27N3O4. The molecule has 0 aliphatic rings. The predicted molar refractivity (Wildman–Crippen MR) is 82.8 cm³/mol. The van der Waals surface area contributed by atoms with E-state index in [4.69, 9.17) is 13.9 Å². The van der Waals surface area contributed by atoms with E-state index in [1.54, 1.807) is 0 Å². The number of carbonyl (C=O) groups is 1. The number of rotatable bonds is 13. The van der Waals surface area contributed by atoms with Gasteiger partial charge in [0.1, 0.15) is 6.26 Å². The second-order valence-electron chi connectivity index (χ2n) is 4.66. The number of hydrogen-bond donors (Lipinski definition) is 2. The summed E-state index contributed by atoms with van der Waals surface area (Å²) in [7, 11) is 0.